The molecule has 0 bridgehead atoms. The molecule has 1 amide bonds. The van der Waals surface area contributed by atoms with Crippen LogP contribution in [0.5, 0.6) is 0 Å². The van der Waals surface area contributed by atoms with Gasteiger partial charge in [0.2, 0.25) is 11.1 Å². The van der Waals surface area contributed by atoms with Crippen LogP contribution in [0.15, 0.2) is 59.9 Å². The van der Waals surface area contributed by atoms with Crippen molar-refractivity contribution in [3.8, 4) is 11.4 Å². The Balaban J connectivity index is 1.52. The summed E-state index contributed by atoms with van der Waals surface area (Å²) in [4.78, 5) is 17.1. The Kier molecular flexibility index (Phi) is 5.80. The summed E-state index contributed by atoms with van der Waals surface area (Å²) in [5.41, 5.74) is 2.10. The van der Waals surface area contributed by atoms with Gasteiger partial charge in [0.25, 0.3) is 0 Å². The summed E-state index contributed by atoms with van der Waals surface area (Å²) < 4.78 is 1.31. The molecule has 30 heavy (non-hydrogen) atoms. The lowest BCUT2D eigenvalue weighted by Gasteiger charge is -2.13. The van der Waals surface area contributed by atoms with Crippen LogP contribution in [-0.4, -0.2) is 31.0 Å². The largest absolute Gasteiger partial charge is 0.335 e. The van der Waals surface area contributed by atoms with Crippen LogP contribution >= 0.6 is 35.0 Å². The topological polar surface area (TPSA) is 98.7 Å². The van der Waals surface area contributed by atoms with Crippen molar-refractivity contribution in [3.63, 3.8) is 0 Å². The highest BCUT2D eigenvalue weighted by Crippen LogP contribution is 2.31. The van der Waals surface area contributed by atoms with Crippen molar-refractivity contribution in [2.75, 3.05) is 11.2 Å². The molecule has 4 aromatic rings. The minimum atomic E-state index is -0.475. The summed E-state index contributed by atoms with van der Waals surface area (Å²) in [6, 6.07) is 14.3. The molecule has 3 N–H and O–H groups in total. The SMILES string of the molecule is CC(Sc1nnc(-c2ccc(Cl)cc2Cl)n1N)C(=O)Nc1cccc2ncccc12. The van der Waals surface area contributed by atoms with E-state index in [1.807, 2.05) is 30.3 Å². The van der Waals surface area contributed by atoms with Crippen LogP contribution < -0.4 is 11.2 Å². The van der Waals surface area contributed by atoms with E-state index >= 15 is 0 Å². The highest BCUT2D eigenvalue weighted by Gasteiger charge is 2.21. The molecule has 0 aliphatic rings. The number of amides is 1. The molecule has 2 heterocycles. The van der Waals surface area contributed by atoms with E-state index in [-0.39, 0.29) is 5.91 Å². The van der Waals surface area contributed by atoms with E-state index in [4.69, 9.17) is 29.0 Å². The molecule has 152 valence electrons. The van der Waals surface area contributed by atoms with Gasteiger partial charge in [-0.05, 0) is 49.4 Å². The van der Waals surface area contributed by atoms with E-state index in [2.05, 4.69) is 20.5 Å². The summed E-state index contributed by atoms with van der Waals surface area (Å²) in [5.74, 6) is 6.35. The third-order valence-corrected chi connectivity index (χ3v) is 6.00. The predicted molar refractivity (Wildman–Crippen MR) is 121 cm³/mol. The van der Waals surface area contributed by atoms with E-state index in [0.29, 0.717) is 32.3 Å². The van der Waals surface area contributed by atoms with Crippen LogP contribution in [-0.2, 0) is 4.79 Å². The maximum Gasteiger partial charge on any atom is 0.237 e. The Morgan fingerprint density at radius 1 is 1.17 bits per heavy atom. The first-order valence-corrected chi connectivity index (χ1v) is 10.5. The molecular formula is C20H16Cl2N6OS. The number of nitrogens with two attached hydrogens (primary N) is 1. The van der Waals surface area contributed by atoms with Crippen LogP contribution in [0.3, 0.4) is 0 Å². The maximum absolute atomic E-state index is 12.8. The molecule has 1 atom stereocenters. The Hall–Kier alpha value is -2.81. The third kappa shape index (κ3) is 4.07. The van der Waals surface area contributed by atoms with Gasteiger partial charge in [-0.2, -0.15) is 0 Å². The summed E-state index contributed by atoms with van der Waals surface area (Å²) in [6.07, 6.45) is 1.71. The van der Waals surface area contributed by atoms with Gasteiger partial charge in [-0.1, -0.05) is 41.0 Å². The smallest absolute Gasteiger partial charge is 0.237 e. The van der Waals surface area contributed by atoms with Crippen LogP contribution in [0, 0.1) is 0 Å². The number of hydrogen-bond acceptors (Lipinski definition) is 6. The molecule has 0 aliphatic carbocycles. The molecule has 0 saturated heterocycles. The Morgan fingerprint density at radius 3 is 2.80 bits per heavy atom. The van der Waals surface area contributed by atoms with Crippen molar-refractivity contribution in [2.45, 2.75) is 17.3 Å². The lowest BCUT2D eigenvalue weighted by Crippen LogP contribution is -2.23. The summed E-state index contributed by atoms with van der Waals surface area (Å²) >= 11 is 13.4. The molecule has 2 aromatic heterocycles. The van der Waals surface area contributed by atoms with Crippen molar-refractivity contribution >= 4 is 57.5 Å². The molecular weight excluding hydrogens is 443 g/mol. The number of hydrogen-bond donors (Lipinski definition) is 2. The van der Waals surface area contributed by atoms with E-state index < -0.39 is 5.25 Å². The molecule has 4 rings (SSSR count). The zero-order valence-electron chi connectivity index (χ0n) is 15.7. The zero-order chi connectivity index (χ0) is 21.3. The van der Waals surface area contributed by atoms with Gasteiger partial charge in [-0.3, -0.25) is 9.78 Å². The Labute approximate surface area is 186 Å². The fraction of sp³-hybridized carbons (Fsp3) is 0.100. The van der Waals surface area contributed by atoms with Gasteiger partial charge < -0.3 is 11.2 Å². The number of aromatic nitrogens is 4. The fourth-order valence-corrected chi connectivity index (χ4v) is 4.13. The van der Waals surface area contributed by atoms with Gasteiger partial charge >= 0.3 is 0 Å². The minimum absolute atomic E-state index is 0.189. The molecule has 0 saturated carbocycles. The lowest BCUT2D eigenvalue weighted by molar-refractivity contribution is -0.115. The van der Waals surface area contributed by atoms with E-state index in [1.165, 1.54) is 16.4 Å². The first-order valence-electron chi connectivity index (χ1n) is 8.91. The number of nitrogens with zero attached hydrogens (tertiary/aromatic N) is 4. The number of rotatable bonds is 5. The average molecular weight is 459 g/mol. The number of benzene rings is 2. The van der Waals surface area contributed by atoms with Crippen LogP contribution in [0.25, 0.3) is 22.3 Å². The Morgan fingerprint density at radius 2 is 2.00 bits per heavy atom. The number of halogens is 2. The summed E-state index contributed by atoms with van der Waals surface area (Å²) in [5, 5.41) is 12.9. The molecule has 7 nitrogen and oxygen atoms in total. The molecule has 0 spiro atoms. The van der Waals surface area contributed by atoms with Crippen molar-refractivity contribution in [3.05, 3.63) is 64.8 Å². The van der Waals surface area contributed by atoms with Crippen LogP contribution in [0.1, 0.15) is 6.92 Å². The Bertz CT molecular complexity index is 1240. The molecule has 10 heteroatoms. The van der Waals surface area contributed by atoms with Crippen molar-refractivity contribution < 1.29 is 4.79 Å². The van der Waals surface area contributed by atoms with E-state index in [9.17, 15) is 4.79 Å². The molecule has 1 unspecified atom stereocenters. The second-order valence-corrected chi connectivity index (χ2v) is 8.58. The molecule has 0 fully saturated rings. The molecule has 0 radical (unpaired) electrons. The monoisotopic (exact) mass is 458 g/mol. The fourth-order valence-electron chi connectivity index (χ4n) is 2.87. The number of nitrogen functional groups attached to an aromatic ring is 1. The molecule has 2 aromatic carbocycles. The second kappa shape index (κ2) is 8.51. The first-order chi connectivity index (χ1) is 14.4. The average Bonchev–Trinajstić information content (AvgIpc) is 3.08. The number of fused-ring (bicyclic) bond motifs is 1. The number of carbonyl (C=O) groups excluding carboxylic acids is 1. The lowest BCUT2D eigenvalue weighted by atomic mass is 10.2. The highest BCUT2D eigenvalue weighted by atomic mass is 35.5. The van der Waals surface area contributed by atoms with Crippen LogP contribution in [0.4, 0.5) is 5.69 Å². The summed E-state index contributed by atoms with van der Waals surface area (Å²) in [7, 11) is 0. The van der Waals surface area contributed by atoms with Gasteiger partial charge in [0.05, 0.1) is 21.5 Å². The van der Waals surface area contributed by atoms with Crippen LogP contribution in [0.2, 0.25) is 10.0 Å². The normalized spacial score (nSPS) is 12.1. The van der Waals surface area contributed by atoms with E-state index in [0.717, 1.165) is 10.9 Å². The quantitative estimate of drug-likeness (QED) is 0.334. The van der Waals surface area contributed by atoms with Crippen molar-refractivity contribution in [1.82, 2.24) is 19.9 Å². The zero-order valence-corrected chi connectivity index (χ0v) is 18.0. The number of nitrogens with one attached hydrogen (secondary N) is 1. The van der Waals surface area contributed by atoms with Crippen molar-refractivity contribution in [2.24, 2.45) is 0 Å². The number of anilines is 1. The highest BCUT2D eigenvalue weighted by molar-refractivity contribution is 8.00. The van der Waals surface area contributed by atoms with Gasteiger partial charge in [0.1, 0.15) is 0 Å². The third-order valence-electron chi connectivity index (χ3n) is 4.39. The second-order valence-electron chi connectivity index (χ2n) is 6.43. The maximum atomic E-state index is 12.8. The van der Waals surface area contributed by atoms with Gasteiger partial charge in [0, 0.05) is 22.2 Å². The minimum Gasteiger partial charge on any atom is -0.335 e. The van der Waals surface area contributed by atoms with Gasteiger partial charge in [-0.25, -0.2) is 4.68 Å². The predicted octanol–water partition coefficient (Wildman–Crippen LogP) is 4.63. The number of carbonyl (C=O) groups is 1. The summed E-state index contributed by atoms with van der Waals surface area (Å²) in [6.45, 7) is 1.77. The first kappa shape index (κ1) is 20.5. The standard InChI is InChI=1S/C20H16Cl2N6OS/c1-11(19(29)25-17-6-2-5-16-14(17)4-3-9-24-16)30-20-27-26-18(28(20)23)13-8-7-12(21)10-15(13)22/h2-11H,23H2,1H3,(H,25,29). The van der Waals surface area contributed by atoms with Gasteiger partial charge in [0.15, 0.2) is 5.82 Å². The molecule has 0 aliphatic heterocycles. The van der Waals surface area contributed by atoms with Gasteiger partial charge in [-0.15, -0.1) is 10.2 Å². The van der Waals surface area contributed by atoms with Crippen molar-refractivity contribution in [1.29, 1.82) is 0 Å². The number of thioether (sulfide) groups is 1. The number of pyridine rings is 1. The van der Waals surface area contributed by atoms with E-state index in [1.54, 1.807) is 31.3 Å².